The number of nitrogens with zero attached hydrogens (tertiary/aromatic N) is 2. The van der Waals surface area contributed by atoms with E-state index < -0.39 is 54.3 Å². The van der Waals surface area contributed by atoms with Crippen molar-refractivity contribution in [2.45, 2.75) is 57.9 Å². The zero-order valence-corrected chi connectivity index (χ0v) is 33.7. The Kier molecular flexibility index (Phi) is 16.8. The first-order valence-electron chi connectivity index (χ1n) is 13.8. The molecule has 0 spiro atoms. The van der Waals surface area contributed by atoms with Crippen LogP contribution in [-0.2, 0) is 18.8 Å². The van der Waals surface area contributed by atoms with Gasteiger partial charge in [-0.3, -0.25) is 9.80 Å². The number of carbonyl (C=O) groups excluding carboxylic acids is 2. The average Bonchev–Trinajstić information content (AvgIpc) is 3.62. The highest BCUT2D eigenvalue weighted by Crippen LogP contribution is 2.37. The summed E-state index contributed by atoms with van der Waals surface area (Å²) in [5.41, 5.74) is 4.42. The summed E-state index contributed by atoms with van der Waals surface area (Å²) < 4.78 is 50.5. The van der Waals surface area contributed by atoms with Crippen LogP contribution in [0.5, 0.6) is 0 Å². The van der Waals surface area contributed by atoms with Gasteiger partial charge in [0.2, 0.25) is 0 Å². The Labute approximate surface area is 318 Å². The van der Waals surface area contributed by atoms with Crippen LogP contribution in [0.2, 0.25) is 6.82 Å². The molecule has 3 aliphatic heterocycles. The maximum absolute atomic E-state index is 14.6. The monoisotopic (exact) mass is 1040 g/mol. The SMILES string of the molecule is CB(I)I.CC1(C)OB(c2ccc(N3C[C@H](CO)OC3=O)cc2F)OC1(C)C.O=C1O[C@@H](CO)CN1c1ccc(Br)c(F)c1.[B]I. The van der Waals surface area contributed by atoms with Gasteiger partial charge in [0.1, 0.15) is 23.8 Å². The molecule has 0 saturated carbocycles. The fourth-order valence-electron chi connectivity index (χ4n) is 4.15. The fraction of sp³-hybridized carbons (Fsp3) is 0.481. The van der Waals surface area contributed by atoms with E-state index in [9.17, 15) is 18.4 Å². The second kappa shape index (κ2) is 18.5. The molecule has 0 bridgehead atoms. The van der Waals surface area contributed by atoms with Crippen molar-refractivity contribution in [2.24, 2.45) is 0 Å². The summed E-state index contributed by atoms with van der Waals surface area (Å²) in [6.07, 6.45) is -2.31. The van der Waals surface area contributed by atoms with E-state index in [1.165, 1.54) is 28.0 Å². The molecule has 19 heteroatoms. The van der Waals surface area contributed by atoms with Gasteiger partial charge in [-0.1, -0.05) is 12.9 Å². The largest absolute Gasteiger partial charge is 0.497 e. The number of anilines is 2. The van der Waals surface area contributed by atoms with Crippen molar-refractivity contribution < 1.29 is 47.4 Å². The van der Waals surface area contributed by atoms with Crippen molar-refractivity contribution in [1.82, 2.24) is 0 Å². The molecule has 5 rings (SSSR count). The van der Waals surface area contributed by atoms with Gasteiger partial charge in [0.25, 0.3) is 2.43 Å². The first-order valence-corrected chi connectivity index (χ1v) is 18.3. The predicted octanol–water partition coefficient (Wildman–Crippen LogP) is 5.83. The Morgan fingerprint density at radius 3 is 1.63 bits per heavy atom. The number of halogens is 6. The van der Waals surface area contributed by atoms with E-state index in [0.29, 0.717) is 15.8 Å². The van der Waals surface area contributed by atoms with Gasteiger partial charge in [-0.15, -0.1) is 44.7 Å². The maximum atomic E-state index is 14.6. The Bertz CT molecular complexity index is 1340. The molecule has 3 aliphatic rings. The van der Waals surface area contributed by atoms with Crippen LogP contribution in [0, 0.1) is 11.6 Å². The van der Waals surface area contributed by atoms with Crippen molar-refractivity contribution >= 4 is 127 Å². The molecule has 2 aromatic rings. The number of aliphatic hydroxyl groups excluding tert-OH is 2. The summed E-state index contributed by atoms with van der Waals surface area (Å²) in [5, 5.41) is 17.9. The first kappa shape index (κ1) is 41.7. The van der Waals surface area contributed by atoms with Gasteiger partial charge in [0.05, 0.1) is 53.4 Å². The molecule has 0 unspecified atom stereocenters. The molecule has 2 aromatic carbocycles. The lowest BCUT2D eigenvalue weighted by Crippen LogP contribution is -2.41. The summed E-state index contributed by atoms with van der Waals surface area (Å²) in [7, 11) is -0.806. The molecular formula is C27H33B3BrF2I3N2O8. The molecule has 0 aliphatic carbocycles. The highest BCUT2D eigenvalue weighted by atomic mass is 127. The Morgan fingerprint density at radius 2 is 1.28 bits per heavy atom. The standard InChI is InChI=1S/C16H21BFNO5.C10H9BrFNO3.CH3BI2.BI/c1-15(2)16(3,4)24-17(23-15)12-6-5-10(7-13(12)18)19-8-11(9-20)22-14(19)21;11-8-2-1-6(3-9(8)12)13-4-7(5-14)16-10(13)15;1-2(3)4;1-2/h5-7,11,20H,8-9H2,1-4H3;1-3,7,14H,4-5H2;1H3;/t11-;7-;;/m11../s1. The fourth-order valence-corrected chi connectivity index (χ4v) is 4.40. The topological polar surface area (TPSA) is 118 Å². The summed E-state index contributed by atoms with van der Waals surface area (Å²) in [4.78, 5) is 25.8. The number of benzene rings is 2. The van der Waals surface area contributed by atoms with E-state index in [-0.39, 0.29) is 31.8 Å². The predicted molar refractivity (Wildman–Crippen MR) is 205 cm³/mol. The molecule has 0 aromatic heterocycles. The van der Waals surface area contributed by atoms with Gasteiger partial charge in [0, 0.05) is 5.46 Å². The van der Waals surface area contributed by atoms with Crippen LogP contribution < -0.4 is 15.3 Å². The van der Waals surface area contributed by atoms with E-state index in [2.05, 4.69) is 73.2 Å². The lowest BCUT2D eigenvalue weighted by molar-refractivity contribution is 0.00578. The smallest absolute Gasteiger partial charge is 0.441 e. The summed E-state index contributed by atoms with van der Waals surface area (Å²) >= 11 is 9.34. The number of hydrogen-bond acceptors (Lipinski definition) is 8. The summed E-state index contributed by atoms with van der Waals surface area (Å²) in [6.45, 7) is 9.65. The Hall–Kier alpha value is -0.455. The number of rotatable bonds is 5. The third-order valence-corrected chi connectivity index (χ3v) is 7.82. The number of cyclic esters (lactones) is 2. The molecule has 46 heavy (non-hydrogen) atoms. The minimum absolute atomic E-state index is 0.185. The third-order valence-electron chi connectivity index (χ3n) is 7.17. The highest BCUT2D eigenvalue weighted by Gasteiger charge is 2.52. The molecule has 3 saturated heterocycles. The second-order valence-corrected chi connectivity index (χ2v) is 18.0. The van der Waals surface area contributed by atoms with E-state index in [1.54, 1.807) is 40.6 Å². The van der Waals surface area contributed by atoms with Crippen molar-refractivity contribution in [3.8, 4) is 0 Å². The number of ether oxygens (including phenoxy) is 2. The van der Waals surface area contributed by atoms with Crippen molar-refractivity contribution in [3.63, 3.8) is 0 Å². The van der Waals surface area contributed by atoms with Crippen LogP contribution in [-0.4, -0.2) is 87.4 Å². The zero-order valence-electron chi connectivity index (χ0n) is 25.7. The minimum Gasteiger partial charge on any atom is -0.441 e. The number of hydrogen-bond donors (Lipinski definition) is 2. The van der Waals surface area contributed by atoms with Crippen LogP contribution in [0.3, 0.4) is 0 Å². The quantitative estimate of drug-likeness (QED) is 0.284. The molecule has 2 N–H and O–H groups in total. The first-order chi connectivity index (χ1) is 21.5. The van der Waals surface area contributed by atoms with Gasteiger partial charge in [-0.25, -0.2) is 18.4 Å². The highest BCUT2D eigenvalue weighted by molar-refractivity contribution is 14.3. The second-order valence-electron chi connectivity index (χ2n) is 11.0. The third kappa shape index (κ3) is 11.0. The molecule has 2 atom stereocenters. The number of aliphatic hydroxyl groups is 2. The Morgan fingerprint density at radius 1 is 0.891 bits per heavy atom. The lowest BCUT2D eigenvalue weighted by Gasteiger charge is -2.32. The van der Waals surface area contributed by atoms with Crippen LogP contribution >= 0.6 is 83.1 Å². The minimum atomic E-state index is -0.806. The van der Waals surface area contributed by atoms with E-state index >= 15 is 0 Å². The molecule has 3 heterocycles. The van der Waals surface area contributed by atoms with Crippen LogP contribution in [0.4, 0.5) is 29.7 Å². The van der Waals surface area contributed by atoms with E-state index in [1.807, 2.05) is 27.7 Å². The van der Waals surface area contributed by atoms with Crippen LogP contribution in [0.15, 0.2) is 40.9 Å². The van der Waals surface area contributed by atoms with Crippen molar-refractivity contribution in [2.75, 3.05) is 36.1 Å². The Balaban J connectivity index is 0.000000289. The van der Waals surface area contributed by atoms with E-state index in [0.717, 1.165) is 2.43 Å². The molecule has 2 amide bonds. The number of amides is 2. The molecule has 3 fully saturated rings. The molecule has 250 valence electrons. The van der Waals surface area contributed by atoms with Gasteiger partial charge in [-0.05, 0) is 74.0 Å². The van der Waals surface area contributed by atoms with Crippen LogP contribution in [0.1, 0.15) is 27.7 Å². The van der Waals surface area contributed by atoms with Gasteiger partial charge >= 0.3 is 19.3 Å². The molecule has 10 nitrogen and oxygen atoms in total. The van der Waals surface area contributed by atoms with Gasteiger partial charge in [-0.2, -0.15) is 22.4 Å². The number of carbonyl (C=O) groups is 2. The maximum Gasteiger partial charge on any atom is 0.497 e. The van der Waals surface area contributed by atoms with Gasteiger partial charge in [0.15, 0.2) is 5.70 Å². The van der Waals surface area contributed by atoms with Crippen molar-refractivity contribution in [1.29, 1.82) is 0 Å². The summed E-state index contributed by atoms with van der Waals surface area (Å²) in [6, 6.07) is 8.78. The summed E-state index contributed by atoms with van der Waals surface area (Å²) in [5.74, 6) is -0.969. The average molecular weight is 1040 g/mol. The molecule has 2 radical (unpaired) electrons. The molecular weight excluding hydrogens is 1010 g/mol. The van der Waals surface area contributed by atoms with E-state index in [4.69, 9.17) is 29.0 Å². The van der Waals surface area contributed by atoms with Gasteiger partial charge < -0.3 is 29.0 Å². The van der Waals surface area contributed by atoms with Crippen molar-refractivity contribution in [3.05, 3.63) is 52.5 Å². The van der Waals surface area contributed by atoms with Crippen LogP contribution in [0.25, 0.3) is 0 Å². The lowest BCUT2D eigenvalue weighted by atomic mass is 9.78. The zero-order chi connectivity index (χ0) is 35.0. The normalized spacial score (nSPS) is 20.8.